The van der Waals surface area contributed by atoms with Crippen molar-refractivity contribution in [2.24, 2.45) is 0 Å². The predicted octanol–water partition coefficient (Wildman–Crippen LogP) is 17.2. The molecule has 0 aliphatic carbocycles. The van der Waals surface area contributed by atoms with Gasteiger partial charge in [-0.15, -0.1) is 0 Å². The molecule has 2 saturated heterocycles. The van der Waals surface area contributed by atoms with Crippen LogP contribution in [0.5, 0.6) is 0 Å². The third-order valence-corrected chi connectivity index (χ3v) is 19.0. The fraction of sp³-hybridized carbons (Fsp3) is 0.861. The van der Waals surface area contributed by atoms with Gasteiger partial charge in [0.05, 0.1) is 32.0 Å². The first kappa shape index (κ1) is 86.8. The van der Waals surface area contributed by atoms with Gasteiger partial charge < -0.3 is 65.1 Å². The van der Waals surface area contributed by atoms with Gasteiger partial charge in [-0.1, -0.05) is 338 Å². The predicted molar refractivity (Wildman–Crippen MR) is 383 cm³/mol. The summed E-state index contributed by atoms with van der Waals surface area (Å²) < 4.78 is 22.9. The number of aliphatic hydroxyl groups excluding tert-OH is 8. The Morgan fingerprint density at radius 1 is 0.398 bits per heavy atom. The Hall–Kier alpha value is -2.31. The fourth-order valence-corrected chi connectivity index (χ4v) is 12.8. The van der Waals surface area contributed by atoms with Crippen LogP contribution < -0.4 is 5.32 Å². The molecule has 2 aliphatic heterocycles. The minimum atomic E-state index is -1.79. The minimum Gasteiger partial charge on any atom is -0.394 e. The van der Waals surface area contributed by atoms with E-state index in [-0.39, 0.29) is 18.9 Å². The number of unbranched alkanes of at least 4 members (excludes halogenated alkanes) is 44. The van der Waals surface area contributed by atoms with Gasteiger partial charge in [0.2, 0.25) is 5.91 Å². The molecule has 0 aromatic carbocycles. The average Bonchev–Trinajstić information content (AvgIpc) is 0.854. The standard InChI is InChI=1S/C79H145NO13/c1-3-5-7-9-11-13-15-17-19-21-23-25-26-27-28-29-30-31-32-33-34-35-36-37-38-39-40-41-42-43-45-47-49-51-53-55-57-59-61-63-71(84)80-67(68(83)62-60-58-56-54-52-50-48-46-44-24-22-20-18-16-14-12-10-8-6-4-2)66-90-78-76(89)74(87)77(70(65-82)92-78)93-79-75(88)73(86)72(85)69(64-81)91-79/h5,7,11,13,17,19,23,25,60,62,67-70,72-79,81-83,85-89H,3-4,6,8-10,12,14-16,18,20-22,24,26-59,61,63-66H2,1-2H3,(H,80,84)/b7-5-,13-11-,19-17-,25-23-,62-60+. The van der Waals surface area contributed by atoms with E-state index in [1.807, 2.05) is 6.08 Å². The van der Waals surface area contributed by atoms with Gasteiger partial charge in [0.1, 0.15) is 48.8 Å². The van der Waals surface area contributed by atoms with Crippen molar-refractivity contribution < 1.29 is 64.6 Å². The maximum Gasteiger partial charge on any atom is 0.220 e. The molecular formula is C79H145NO13. The quantitative estimate of drug-likeness (QED) is 0.0204. The van der Waals surface area contributed by atoms with Gasteiger partial charge in [-0.2, -0.15) is 0 Å². The Balaban J connectivity index is 1.57. The second-order valence-electron chi connectivity index (χ2n) is 27.5. The molecule has 93 heavy (non-hydrogen) atoms. The van der Waals surface area contributed by atoms with Gasteiger partial charge in [-0.3, -0.25) is 4.79 Å². The van der Waals surface area contributed by atoms with Gasteiger partial charge in [-0.05, 0) is 57.8 Å². The first-order chi connectivity index (χ1) is 45.6. The number of allylic oxidation sites excluding steroid dienone is 9. The number of amides is 1. The summed E-state index contributed by atoms with van der Waals surface area (Å²) in [5.41, 5.74) is 0. The second-order valence-corrected chi connectivity index (χ2v) is 27.5. The molecule has 0 saturated carbocycles. The Morgan fingerprint density at radius 3 is 1.14 bits per heavy atom. The number of hydrogen-bond acceptors (Lipinski definition) is 13. The lowest BCUT2D eigenvalue weighted by molar-refractivity contribution is -0.359. The molecule has 9 N–H and O–H groups in total. The molecule has 1 amide bonds. The number of ether oxygens (including phenoxy) is 4. The van der Waals surface area contributed by atoms with Crippen LogP contribution in [0.3, 0.4) is 0 Å². The van der Waals surface area contributed by atoms with Gasteiger partial charge in [-0.25, -0.2) is 0 Å². The highest BCUT2D eigenvalue weighted by Crippen LogP contribution is 2.30. The topological polar surface area (TPSA) is 228 Å². The SMILES string of the molecule is CC/C=C\C/C=C\C/C=C\C/C=C\CCCCCCCCCCCCCCCCCCCCCCCCCCCCC(=O)NC(COC1OC(CO)C(OC2OC(CO)C(O)C(O)C2O)C(O)C1O)C(O)/C=C/CCCCCCCCCCCCCCCCCCCC. The molecule has 0 spiro atoms. The molecule has 14 heteroatoms. The number of rotatable bonds is 65. The van der Waals surface area contributed by atoms with Crippen LogP contribution >= 0.6 is 0 Å². The number of hydrogen-bond donors (Lipinski definition) is 9. The van der Waals surface area contributed by atoms with Crippen molar-refractivity contribution in [3.63, 3.8) is 0 Å². The van der Waals surface area contributed by atoms with E-state index in [1.165, 1.54) is 250 Å². The van der Waals surface area contributed by atoms with Gasteiger partial charge >= 0.3 is 0 Å². The average molecular weight is 1320 g/mol. The monoisotopic (exact) mass is 1320 g/mol. The Morgan fingerprint density at radius 2 is 0.742 bits per heavy atom. The van der Waals surface area contributed by atoms with E-state index in [0.717, 1.165) is 64.2 Å². The van der Waals surface area contributed by atoms with Gasteiger partial charge in [0, 0.05) is 6.42 Å². The molecule has 12 atom stereocenters. The zero-order valence-electron chi connectivity index (χ0n) is 59.5. The maximum atomic E-state index is 13.4. The van der Waals surface area contributed by atoms with Gasteiger partial charge in [0.25, 0.3) is 0 Å². The summed E-state index contributed by atoms with van der Waals surface area (Å²) >= 11 is 0. The molecule has 0 aromatic rings. The maximum absolute atomic E-state index is 13.4. The summed E-state index contributed by atoms with van der Waals surface area (Å²) in [5, 5.41) is 87.6. The highest BCUT2D eigenvalue weighted by molar-refractivity contribution is 5.76. The Kier molecular flexibility index (Phi) is 58.9. The highest BCUT2D eigenvalue weighted by Gasteiger charge is 2.51. The Labute approximate surface area is 568 Å². The third kappa shape index (κ3) is 46.6. The summed E-state index contributed by atoms with van der Waals surface area (Å²) in [4.78, 5) is 13.4. The van der Waals surface area contributed by atoms with Crippen molar-refractivity contribution in [3.8, 4) is 0 Å². The summed E-state index contributed by atoms with van der Waals surface area (Å²) in [7, 11) is 0. The molecule has 2 heterocycles. The van der Waals surface area contributed by atoms with Crippen LogP contribution in [-0.4, -0.2) is 140 Å². The smallest absolute Gasteiger partial charge is 0.220 e. The summed E-state index contributed by atoms with van der Waals surface area (Å²) in [6.45, 7) is 2.73. The van der Waals surface area contributed by atoms with E-state index in [9.17, 15) is 45.6 Å². The van der Waals surface area contributed by atoms with E-state index in [1.54, 1.807) is 6.08 Å². The first-order valence-corrected chi connectivity index (χ1v) is 39.0. The first-order valence-electron chi connectivity index (χ1n) is 39.0. The number of aliphatic hydroxyl groups is 8. The van der Waals surface area contributed by atoms with E-state index in [4.69, 9.17) is 18.9 Å². The van der Waals surface area contributed by atoms with E-state index in [2.05, 4.69) is 67.8 Å². The normalized spacial score (nSPS) is 22.9. The molecule has 2 fully saturated rings. The van der Waals surface area contributed by atoms with Crippen LogP contribution in [0.15, 0.2) is 60.8 Å². The third-order valence-electron chi connectivity index (χ3n) is 19.0. The molecule has 2 aliphatic rings. The van der Waals surface area contributed by atoms with Crippen LogP contribution in [0, 0.1) is 0 Å². The molecule has 14 nitrogen and oxygen atoms in total. The lowest BCUT2D eigenvalue weighted by Gasteiger charge is -2.46. The molecule has 0 radical (unpaired) electrons. The van der Waals surface area contributed by atoms with E-state index in [0.29, 0.717) is 6.42 Å². The van der Waals surface area contributed by atoms with Crippen molar-refractivity contribution in [3.05, 3.63) is 60.8 Å². The van der Waals surface area contributed by atoms with Crippen LogP contribution in [0.1, 0.15) is 341 Å². The second kappa shape index (κ2) is 63.2. The van der Waals surface area contributed by atoms with Gasteiger partial charge in [0.15, 0.2) is 12.6 Å². The molecule has 0 aromatic heterocycles. The summed E-state index contributed by atoms with van der Waals surface area (Å²) in [6.07, 6.45) is 68.8. The van der Waals surface area contributed by atoms with E-state index >= 15 is 0 Å². The number of carbonyl (C=O) groups is 1. The highest BCUT2D eigenvalue weighted by atomic mass is 16.7. The molecular weight excluding hydrogens is 1170 g/mol. The largest absolute Gasteiger partial charge is 0.394 e. The Bertz CT molecular complexity index is 1790. The fourth-order valence-electron chi connectivity index (χ4n) is 12.8. The van der Waals surface area contributed by atoms with E-state index < -0.39 is 86.8 Å². The zero-order chi connectivity index (χ0) is 67.3. The van der Waals surface area contributed by atoms with Crippen LogP contribution in [0.25, 0.3) is 0 Å². The van der Waals surface area contributed by atoms with Crippen molar-refractivity contribution >= 4 is 5.91 Å². The number of nitrogens with one attached hydrogen (secondary N) is 1. The van der Waals surface area contributed by atoms with Crippen LogP contribution in [0.4, 0.5) is 0 Å². The van der Waals surface area contributed by atoms with Crippen molar-refractivity contribution in [2.75, 3.05) is 19.8 Å². The lowest BCUT2D eigenvalue weighted by Crippen LogP contribution is -2.65. The molecule has 2 rings (SSSR count). The zero-order valence-corrected chi connectivity index (χ0v) is 59.5. The summed E-state index contributed by atoms with van der Waals surface area (Å²) in [5.74, 6) is -0.233. The van der Waals surface area contributed by atoms with Crippen molar-refractivity contribution in [1.82, 2.24) is 5.32 Å². The lowest BCUT2D eigenvalue weighted by atomic mass is 9.97. The molecule has 12 unspecified atom stereocenters. The van der Waals surface area contributed by atoms with Crippen LogP contribution in [0.2, 0.25) is 0 Å². The van der Waals surface area contributed by atoms with Crippen molar-refractivity contribution in [2.45, 2.75) is 415 Å². The number of carbonyl (C=O) groups excluding carboxylic acids is 1. The molecule has 544 valence electrons. The van der Waals surface area contributed by atoms with Crippen LogP contribution in [-0.2, 0) is 23.7 Å². The summed E-state index contributed by atoms with van der Waals surface area (Å²) in [6, 6.07) is -0.915. The minimum absolute atomic E-state index is 0.233. The molecule has 0 bridgehead atoms. The van der Waals surface area contributed by atoms with Crippen molar-refractivity contribution in [1.29, 1.82) is 0 Å².